The molecule has 28 nitrogen and oxygen atoms in total. The van der Waals surface area contributed by atoms with E-state index in [1.165, 1.54) is 31.0 Å². The number of benzene rings is 6. The molecule has 0 unspecified atom stereocenters. The van der Waals surface area contributed by atoms with E-state index in [4.69, 9.17) is 41.3 Å². The summed E-state index contributed by atoms with van der Waals surface area (Å²) in [5.74, 6) is 4.25. The van der Waals surface area contributed by atoms with Gasteiger partial charge in [-0.2, -0.15) is 20.4 Å². The molecule has 12 aromatic heterocycles. The standard InChI is InChI=1S/C13H11F2N2.C12H5F2N2.2C12H8F2N.2C11H6F2N.4C5H8N3.2C3H4N3O.6Ir/c1-17(2)10-5-6-16-13(8-10)11-4-3-9(14)7-12(11)15;1-15-12-9(13)6-5-8(11(12)14)10-4-2-3-7-16-10;2*1-8-4-5-15-12(6-8)10-3-2-9(13)7-11(10)14;2*12-8-4-5-9(10(13)7-8)11-3-1-2-6-14-11;4*6-2-5-8-4-1-3-7-8;2*4-7-6-3-1-2-5-6;;;;;;/h3,5-8H,1-2H3;2-4,6-7H;2*2,4-7H,1H3;2*1-4,6-7H;4*1,3-4,6H,2,5H2;2*1-4H;;;;;;/q12*-1;;;;;;. The van der Waals surface area contributed by atoms with Gasteiger partial charge in [-0.1, -0.05) is 124 Å². The van der Waals surface area contributed by atoms with Gasteiger partial charge >= 0.3 is 0 Å². The Labute approximate surface area is 897 Å². The normalized spacial score (nSPS) is 9.49. The molecule has 0 aliphatic heterocycles. The van der Waals surface area contributed by atoms with Gasteiger partial charge < -0.3 is 79.4 Å². The third-order valence-corrected chi connectivity index (χ3v) is 16.8. The van der Waals surface area contributed by atoms with Crippen molar-refractivity contribution in [2.75, 3.05) is 45.2 Å². The van der Waals surface area contributed by atoms with E-state index in [0.29, 0.717) is 86.5 Å². The van der Waals surface area contributed by atoms with Crippen LogP contribution in [-0.4, -0.2) is 129 Å². The first-order valence-corrected chi connectivity index (χ1v) is 40.3. The number of aromatic nitrogens is 18. The van der Waals surface area contributed by atoms with Gasteiger partial charge in [0.15, 0.2) is 5.69 Å². The van der Waals surface area contributed by atoms with Gasteiger partial charge in [0.25, 0.3) is 0 Å². The number of nitrogens with one attached hydrogen (secondary N) is 6. The van der Waals surface area contributed by atoms with Gasteiger partial charge in [-0.3, -0.25) is 76.3 Å². The average Bonchev–Trinajstić information content (AvgIpc) is 1.27. The van der Waals surface area contributed by atoms with E-state index in [2.05, 4.69) is 112 Å². The summed E-state index contributed by atoms with van der Waals surface area (Å²) in [6.45, 7) is 14.9. The van der Waals surface area contributed by atoms with Gasteiger partial charge in [0.2, 0.25) is 0 Å². The van der Waals surface area contributed by atoms with Crippen LogP contribution in [0.5, 0.6) is 0 Å². The van der Waals surface area contributed by atoms with E-state index < -0.39 is 75.5 Å². The third kappa shape index (κ3) is 46.9. The van der Waals surface area contributed by atoms with E-state index >= 15 is 0 Å². The van der Waals surface area contributed by atoms with Crippen LogP contribution in [0.15, 0.2) is 306 Å². The van der Waals surface area contributed by atoms with Crippen molar-refractivity contribution < 1.29 is 183 Å². The number of pyridine rings is 6. The Morgan fingerprint density at radius 1 is 0.308 bits per heavy atom. The van der Waals surface area contributed by atoms with Crippen LogP contribution in [0.1, 0.15) is 11.1 Å². The first-order valence-electron chi connectivity index (χ1n) is 40.3. The molecular formula is C97H84F12Ir6N26O2-12. The minimum atomic E-state index is -0.922. The van der Waals surface area contributed by atoms with Crippen LogP contribution in [0, 0.1) is 127 Å². The van der Waals surface area contributed by atoms with Crippen LogP contribution < -0.4 is 14.8 Å². The Morgan fingerprint density at radius 3 is 0.804 bits per heavy atom. The first kappa shape index (κ1) is 128. The summed E-state index contributed by atoms with van der Waals surface area (Å²) in [4.78, 5) is 38.5. The largest absolute Gasteiger partial charge is 0.676 e. The molecule has 0 saturated heterocycles. The number of anilines is 1. The monoisotopic (exact) mass is 3030 g/mol. The summed E-state index contributed by atoms with van der Waals surface area (Å²) in [5.41, 5.74) is 33.0. The molecule has 0 aliphatic carbocycles. The van der Waals surface area contributed by atoms with Gasteiger partial charge in [-0.15, -0.1) is 124 Å². The molecule has 46 heteroatoms. The van der Waals surface area contributed by atoms with Gasteiger partial charge in [0, 0.05) is 323 Å². The average molecular weight is 3030 g/mol. The molecular weight excluding hydrogens is 2940 g/mol. The van der Waals surface area contributed by atoms with Crippen molar-refractivity contribution in [3.05, 3.63) is 469 Å². The third-order valence-electron chi connectivity index (χ3n) is 16.8. The van der Waals surface area contributed by atoms with Crippen LogP contribution in [0.3, 0.4) is 0 Å². The number of rotatable bonds is 17. The molecule has 18 aromatic rings. The minimum absolute atomic E-state index is 0. The zero-order valence-corrected chi connectivity index (χ0v) is 89.7. The zero-order chi connectivity index (χ0) is 99.1. The fraction of sp³-hybridized carbons (Fsp3) is 0.124. The van der Waals surface area contributed by atoms with Crippen LogP contribution in [0.4, 0.5) is 64.1 Å². The second kappa shape index (κ2) is 72.4. The van der Waals surface area contributed by atoms with E-state index in [1.54, 1.807) is 159 Å². The Bertz CT molecular complexity index is 6120. The van der Waals surface area contributed by atoms with E-state index in [1.807, 2.05) is 100 Å². The van der Waals surface area contributed by atoms with Gasteiger partial charge in [-0.05, 0) is 121 Å². The Morgan fingerprint density at radius 2 is 0.573 bits per heavy atom. The smallest absolute Gasteiger partial charge is 0.176 e. The molecule has 0 amide bonds. The minimum Gasteiger partial charge on any atom is -0.676 e. The Balaban J connectivity index is 0.000000786. The summed E-state index contributed by atoms with van der Waals surface area (Å²) < 4.78 is 164. The summed E-state index contributed by atoms with van der Waals surface area (Å²) in [7, 11) is 3.76. The van der Waals surface area contributed by atoms with Gasteiger partial charge in [0.05, 0.1) is 31.4 Å². The second-order valence-corrected chi connectivity index (χ2v) is 26.9. The Kier molecular flexibility index (Phi) is 64.9. The number of nitrogens with zero attached hydrogens (tertiary/aromatic N) is 20. The molecule has 6 N–H and O–H groups in total. The van der Waals surface area contributed by atoms with Crippen molar-refractivity contribution in [3.63, 3.8) is 0 Å². The van der Waals surface area contributed by atoms with Crippen molar-refractivity contribution in [3.8, 4) is 67.5 Å². The molecule has 12 heterocycles. The zero-order valence-electron chi connectivity index (χ0n) is 75.3. The molecule has 0 atom stereocenters. The van der Waals surface area contributed by atoms with Gasteiger partial charge in [-0.25, -0.2) is 0 Å². The van der Waals surface area contributed by atoms with Crippen LogP contribution in [0.25, 0.3) is 107 Å². The number of hydrogen-bond acceptors (Lipinski definition) is 15. The van der Waals surface area contributed by atoms with Crippen molar-refractivity contribution in [2.24, 2.45) is 0 Å². The van der Waals surface area contributed by atoms with Crippen LogP contribution >= 0.6 is 0 Å². The molecule has 6 radical (unpaired) electrons. The maximum atomic E-state index is 13.7. The molecule has 143 heavy (non-hydrogen) atoms. The van der Waals surface area contributed by atoms with Crippen LogP contribution in [-0.2, 0) is 147 Å². The number of halogens is 12. The Hall–Kier alpha value is -12.8. The summed E-state index contributed by atoms with van der Waals surface area (Å²) >= 11 is 0. The van der Waals surface area contributed by atoms with E-state index in [-0.39, 0.29) is 154 Å². The number of aryl methyl sites for hydroxylation is 2. The molecule has 0 spiro atoms. The predicted octanol–water partition coefficient (Wildman–Crippen LogP) is 22.5. The molecule has 764 valence electrons. The topological polar surface area (TPSA) is 353 Å². The predicted molar refractivity (Wildman–Crippen MR) is 493 cm³/mol. The summed E-state index contributed by atoms with van der Waals surface area (Å²) in [5, 5.41) is 22.7. The quantitative estimate of drug-likeness (QED) is 0.0464. The molecule has 6 aromatic carbocycles. The van der Waals surface area contributed by atoms with E-state index in [0.717, 1.165) is 93.2 Å². The summed E-state index contributed by atoms with van der Waals surface area (Å²) in [6.07, 6.45) is 29.8. The maximum absolute atomic E-state index is 13.7. The van der Waals surface area contributed by atoms with Gasteiger partial charge in [0.1, 0.15) is 0 Å². The summed E-state index contributed by atoms with van der Waals surface area (Å²) in [6, 6.07) is 62.2. The molecule has 0 fully saturated rings. The fourth-order valence-corrected chi connectivity index (χ4v) is 10.5. The van der Waals surface area contributed by atoms with E-state index in [9.17, 15) is 52.7 Å². The molecule has 0 aliphatic rings. The van der Waals surface area contributed by atoms with Crippen LogP contribution in [0.2, 0.25) is 0 Å². The first-order chi connectivity index (χ1) is 66.3. The number of hydrogen-bond donors (Lipinski definition) is 0. The molecule has 0 bridgehead atoms. The van der Waals surface area contributed by atoms with Crippen molar-refractivity contribution in [1.29, 1.82) is 0 Å². The maximum Gasteiger partial charge on any atom is 0.176 e. The molecule has 18 rings (SSSR count). The van der Waals surface area contributed by atoms with Crippen molar-refractivity contribution in [1.82, 2.24) is 88.9 Å². The van der Waals surface area contributed by atoms with Crippen molar-refractivity contribution >= 4 is 11.4 Å². The van der Waals surface area contributed by atoms with Crippen molar-refractivity contribution in [2.45, 2.75) is 40.0 Å². The SMILES string of the molecule is CN(C)c1ccnc(-c2[c-]cc(F)cc2F)c1.Cc1ccnc(-c2[c-]cc(F)cc2F)c1.Cc1ccnc(-c2[c-]cc(F)cc2F)c1.Fc1c[c-]c(-c2ccccn2)c(F)c1.Fc1c[c-]c(-c2ccccn2)c(F)c1.[C-]#[N+]c1c(F)c[c-]c(-c2ccccn2)c1F.[Ir].[Ir].[Ir].[Ir].[Ir].[Ir].[NH-]CCn1cccn1.[NH-]CCn1cccn1.[NH-]CCn1cccn1.[NH-]CCn1cccn1.[NH-]On1cccn1.[NH-]On1cccn1. The second-order valence-electron chi connectivity index (χ2n) is 26.9. The fourth-order valence-electron chi connectivity index (χ4n) is 10.5. The molecule has 0 saturated carbocycles.